The number of carbonyl (C=O) groups is 2. The molecule has 0 aliphatic carbocycles. The molecule has 1 N–H and O–H groups in total. The molecular formula is C20H21N5O2S. The standard InChI is InChI=1S/C20H21N5O2S/c1-13-18-22-23-19(16(12-26)21-2)25(18)10-9-24(13)20(27)15-7-5-14(6-8-15)17-4-3-11-28-17/h3-8,11-13,16,21H,9-10H2,1-2H3. The van der Waals surface area contributed by atoms with E-state index in [-0.39, 0.29) is 11.9 Å². The molecule has 2 atom stereocenters. The van der Waals surface area contributed by atoms with Crippen molar-refractivity contribution in [1.82, 2.24) is 25.0 Å². The fourth-order valence-corrected chi connectivity index (χ4v) is 4.29. The molecule has 2 aromatic heterocycles. The maximum atomic E-state index is 13.1. The molecule has 1 aliphatic heterocycles. The van der Waals surface area contributed by atoms with Crippen LogP contribution < -0.4 is 5.32 Å². The Kier molecular flexibility index (Phi) is 5.06. The van der Waals surface area contributed by atoms with Crippen LogP contribution in [-0.4, -0.2) is 45.5 Å². The van der Waals surface area contributed by atoms with Crippen LogP contribution in [0.4, 0.5) is 0 Å². The van der Waals surface area contributed by atoms with E-state index >= 15 is 0 Å². The number of likely N-dealkylation sites (N-methyl/N-ethyl adjacent to an activating group) is 1. The number of carbonyl (C=O) groups excluding carboxylic acids is 2. The van der Waals surface area contributed by atoms with Crippen molar-refractivity contribution in [1.29, 1.82) is 0 Å². The maximum Gasteiger partial charge on any atom is 0.254 e. The van der Waals surface area contributed by atoms with Crippen LogP contribution in [-0.2, 0) is 11.3 Å². The van der Waals surface area contributed by atoms with Gasteiger partial charge in [-0.3, -0.25) is 4.79 Å². The summed E-state index contributed by atoms with van der Waals surface area (Å²) in [7, 11) is 1.71. The number of benzene rings is 1. The average molecular weight is 395 g/mol. The topological polar surface area (TPSA) is 80.1 Å². The Morgan fingerprint density at radius 1 is 1.25 bits per heavy atom. The molecule has 1 aliphatic rings. The lowest BCUT2D eigenvalue weighted by Gasteiger charge is -2.34. The van der Waals surface area contributed by atoms with Crippen molar-refractivity contribution in [3.63, 3.8) is 0 Å². The number of hydrogen-bond acceptors (Lipinski definition) is 6. The van der Waals surface area contributed by atoms with Gasteiger partial charge in [-0.25, -0.2) is 0 Å². The average Bonchev–Trinajstić information content (AvgIpc) is 3.40. The van der Waals surface area contributed by atoms with E-state index in [1.807, 2.05) is 52.1 Å². The van der Waals surface area contributed by atoms with Gasteiger partial charge in [0, 0.05) is 23.5 Å². The zero-order valence-corrected chi connectivity index (χ0v) is 16.5. The highest BCUT2D eigenvalue weighted by Crippen LogP contribution is 2.29. The van der Waals surface area contributed by atoms with Gasteiger partial charge in [-0.05, 0) is 43.1 Å². The number of thiophene rings is 1. The number of aldehydes is 1. The molecule has 0 saturated heterocycles. The zero-order chi connectivity index (χ0) is 19.7. The minimum Gasteiger partial charge on any atom is -0.327 e. The Morgan fingerprint density at radius 3 is 2.68 bits per heavy atom. The van der Waals surface area contributed by atoms with E-state index in [0.29, 0.717) is 30.3 Å². The van der Waals surface area contributed by atoms with E-state index < -0.39 is 6.04 Å². The van der Waals surface area contributed by atoms with Gasteiger partial charge >= 0.3 is 0 Å². The summed E-state index contributed by atoms with van der Waals surface area (Å²) in [4.78, 5) is 27.3. The Labute approximate surface area is 167 Å². The number of amides is 1. The number of rotatable bonds is 5. The normalized spacial score (nSPS) is 17.2. The summed E-state index contributed by atoms with van der Waals surface area (Å²) in [6.07, 6.45) is 0.814. The minimum absolute atomic E-state index is 0.0263. The van der Waals surface area contributed by atoms with Crippen molar-refractivity contribution in [3.8, 4) is 10.4 Å². The van der Waals surface area contributed by atoms with Crippen molar-refractivity contribution < 1.29 is 9.59 Å². The van der Waals surface area contributed by atoms with Crippen LogP contribution in [0.1, 0.15) is 41.0 Å². The third kappa shape index (κ3) is 3.14. The van der Waals surface area contributed by atoms with Gasteiger partial charge in [0.2, 0.25) is 0 Å². The SMILES string of the molecule is CNC(C=O)c1nnc2n1CCN(C(=O)c1ccc(-c3cccs3)cc1)C2C. The molecule has 0 bridgehead atoms. The van der Waals surface area contributed by atoms with Crippen molar-refractivity contribution in [2.45, 2.75) is 25.6 Å². The number of hydrogen-bond donors (Lipinski definition) is 1. The number of fused-ring (bicyclic) bond motifs is 1. The molecule has 7 nitrogen and oxygen atoms in total. The van der Waals surface area contributed by atoms with Crippen LogP contribution in [0, 0.1) is 0 Å². The predicted octanol–water partition coefficient (Wildman–Crippen LogP) is 2.68. The summed E-state index contributed by atoms with van der Waals surface area (Å²) in [6, 6.07) is 11.1. The van der Waals surface area contributed by atoms with Gasteiger partial charge in [0.15, 0.2) is 11.6 Å². The van der Waals surface area contributed by atoms with Crippen LogP contribution >= 0.6 is 11.3 Å². The summed E-state index contributed by atoms with van der Waals surface area (Å²) in [5.41, 5.74) is 1.76. The quantitative estimate of drug-likeness (QED) is 0.672. The lowest BCUT2D eigenvalue weighted by molar-refractivity contribution is -0.109. The Hall–Kier alpha value is -2.84. The number of nitrogens with zero attached hydrogens (tertiary/aromatic N) is 4. The van der Waals surface area contributed by atoms with Crippen LogP contribution in [0.2, 0.25) is 0 Å². The van der Waals surface area contributed by atoms with E-state index in [9.17, 15) is 9.59 Å². The molecule has 3 aromatic rings. The van der Waals surface area contributed by atoms with E-state index in [1.165, 1.54) is 4.88 Å². The highest BCUT2D eigenvalue weighted by Gasteiger charge is 2.33. The predicted molar refractivity (Wildman–Crippen MR) is 107 cm³/mol. The van der Waals surface area contributed by atoms with Gasteiger partial charge in [-0.2, -0.15) is 0 Å². The molecule has 28 heavy (non-hydrogen) atoms. The van der Waals surface area contributed by atoms with Gasteiger partial charge in [0.05, 0.1) is 6.04 Å². The van der Waals surface area contributed by atoms with Crippen molar-refractivity contribution in [2.24, 2.45) is 0 Å². The molecule has 1 aromatic carbocycles. The van der Waals surface area contributed by atoms with Crippen LogP contribution in [0.5, 0.6) is 0 Å². The lowest BCUT2D eigenvalue weighted by atomic mass is 10.1. The second-order valence-electron chi connectivity index (χ2n) is 6.70. The zero-order valence-electron chi connectivity index (χ0n) is 15.7. The lowest BCUT2D eigenvalue weighted by Crippen LogP contribution is -2.42. The van der Waals surface area contributed by atoms with E-state index in [4.69, 9.17) is 0 Å². The smallest absolute Gasteiger partial charge is 0.254 e. The van der Waals surface area contributed by atoms with Gasteiger partial charge in [-0.15, -0.1) is 21.5 Å². The highest BCUT2D eigenvalue weighted by molar-refractivity contribution is 7.13. The molecule has 2 unspecified atom stereocenters. The molecule has 3 heterocycles. The van der Waals surface area contributed by atoms with E-state index in [0.717, 1.165) is 11.8 Å². The molecule has 0 fully saturated rings. The van der Waals surface area contributed by atoms with E-state index in [1.54, 1.807) is 18.4 Å². The van der Waals surface area contributed by atoms with E-state index in [2.05, 4.69) is 21.6 Å². The molecular weight excluding hydrogens is 374 g/mol. The van der Waals surface area contributed by atoms with Gasteiger partial charge in [-0.1, -0.05) is 18.2 Å². The van der Waals surface area contributed by atoms with Gasteiger partial charge in [0.25, 0.3) is 5.91 Å². The van der Waals surface area contributed by atoms with Crippen LogP contribution in [0.15, 0.2) is 41.8 Å². The first-order valence-electron chi connectivity index (χ1n) is 9.14. The van der Waals surface area contributed by atoms with Crippen molar-refractivity contribution in [2.75, 3.05) is 13.6 Å². The van der Waals surface area contributed by atoms with Crippen LogP contribution in [0.3, 0.4) is 0 Å². The Balaban J connectivity index is 1.56. The largest absolute Gasteiger partial charge is 0.327 e. The Morgan fingerprint density at radius 2 is 2.04 bits per heavy atom. The molecule has 0 radical (unpaired) electrons. The van der Waals surface area contributed by atoms with Gasteiger partial charge < -0.3 is 19.6 Å². The summed E-state index contributed by atoms with van der Waals surface area (Å²) in [5.74, 6) is 1.26. The number of nitrogens with one attached hydrogen (secondary N) is 1. The number of aromatic nitrogens is 3. The molecule has 0 spiro atoms. The second-order valence-corrected chi connectivity index (χ2v) is 7.65. The highest BCUT2D eigenvalue weighted by atomic mass is 32.1. The summed E-state index contributed by atoms with van der Waals surface area (Å²) >= 11 is 1.68. The Bertz CT molecular complexity index is 981. The van der Waals surface area contributed by atoms with Crippen molar-refractivity contribution >= 4 is 23.5 Å². The first kappa shape index (κ1) is 18.5. The van der Waals surface area contributed by atoms with Crippen molar-refractivity contribution in [3.05, 3.63) is 59.0 Å². The monoisotopic (exact) mass is 395 g/mol. The fraction of sp³-hybridized carbons (Fsp3) is 0.300. The summed E-state index contributed by atoms with van der Waals surface area (Å²) < 4.78 is 1.93. The summed E-state index contributed by atoms with van der Waals surface area (Å²) in [6.45, 7) is 3.05. The molecule has 144 valence electrons. The second kappa shape index (κ2) is 7.65. The summed E-state index contributed by atoms with van der Waals surface area (Å²) in [5, 5.41) is 13.4. The fourth-order valence-electron chi connectivity index (χ4n) is 3.56. The first-order chi connectivity index (χ1) is 13.6. The maximum absolute atomic E-state index is 13.1. The third-order valence-corrected chi connectivity index (χ3v) is 6.06. The first-order valence-corrected chi connectivity index (χ1v) is 10.0. The molecule has 8 heteroatoms. The minimum atomic E-state index is -0.500. The molecule has 1 amide bonds. The third-order valence-electron chi connectivity index (χ3n) is 5.14. The van der Waals surface area contributed by atoms with Crippen LogP contribution in [0.25, 0.3) is 10.4 Å². The molecule has 0 saturated carbocycles. The van der Waals surface area contributed by atoms with Gasteiger partial charge in [0.1, 0.15) is 12.3 Å². The molecule has 4 rings (SSSR count).